The van der Waals surface area contributed by atoms with Gasteiger partial charge in [-0.1, -0.05) is 6.07 Å². The van der Waals surface area contributed by atoms with Crippen molar-refractivity contribution in [3.63, 3.8) is 0 Å². The number of imide groups is 1. The normalized spacial score (nSPS) is 20.1. The van der Waals surface area contributed by atoms with E-state index in [2.05, 4.69) is 20.2 Å². The van der Waals surface area contributed by atoms with E-state index in [0.29, 0.717) is 17.5 Å². The summed E-state index contributed by atoms with van der Waals surface area (Å²) in [6.07, 6.45) is 0.813. The van der Waals surface area contributed by atoms with Crippen molar-refractivity contribution in [2.24, 2.45) is 11.8 Å². The number of fused-ring (bicyclic) bond motifs is 2. The van der Waals surface area contributed by atoms with Gasteiger partial charge in [0, 0.05) is 24.9 Å². The summed E-state index contributed by atoms with van der Waals surface area (Å²) in [5.41, 5.74) is -0.0166. The molecule has 0 radical (unpaired) electrons. The van der Waals surface area contributed by atoms with Gasteiger partial charge < -0.3 is 19.7 Å². The molecule has 6 rings (SSSR count). The Morgan fingerprint density at radius 3 is 2.40 bits per heavy atom. The standard InChI is InChI=1S/C29H29F2N5O4/c1-29(2,3)40-28(38)36-13-23-26(27(36)37)22(9-21(34-23)25-19(30)5-4-6-20(25)31)33-18-7-8-24(32-10-18)35-11-16-14-39-15-17(16)12-35/h4-10,16-17H,11-15H2,1-3H3,(H,33,34)/t16-,17+. The van der Waals surface area contributed by atoms with E-state index in [0.717, 1.165) is 49.2 Å². The van der Waals surface area contributed by atoms with Crippen LogP contribution in [-0.2, 0) is 16.0 Å². The molecule has 2 amide bonds. The number of aromatic nitrogens is 2. The summed E-state index contributed by atoms with van der Waals surface area (Å²) in [5, 5.41) is 3.16. The van der Waals surface area contributed by atoms with Crippen molar-refractivity contribution in [3.8, 4) is 11.3 Å². The fraction of sp³-hybridized carbons (Fsp3) is 0.379. The van der Waals surface area contributed by atoms with Gasteiger partial charge in [-0.3, -0.25) is 4.79 Å². The lowest BCUT2D eigenvalue weighted by atomic mass is 10.0. The van der Waals surface area contributed by atoms with Gasteiger partial charge >= 0.3 is 6.09 Å². The highest BCUT2D eigenvalue weighted by molar-refractivity contribution is 6.10. The first kappa shape index (κ1) is 26.1. The van der Waals surface area contributed by atoms with Crippen LogP contribution in [0.1, 0.15) is 36.8 Å². The average molecular weight is 550 g/mol. The first-order valence-electron chi connectivity index (χ1n) is 13.2. The van der Waals surface area contributed by atoms with Gasteiger partial charge in [0.05, 0.1) is 59.8 Å². The lowest BCUT2D eigenvalue weighted by Crippen LogP contribution is -2.37. The number of carbonyl (C=O) groups is 2. The summed E-state index contributed by atoms with van der Waals surface area (Å²) in [7, 11) is 0. The van der Waals surface area contributed by atoms with Crippen molar-refractivity contribution < 1.29 is 27.8 Å². The molecule has 11 heteroatoms. The van der Waals surface area contributed by atoms with E-state index in [9.17, 15) is 18.4 Å². The van der Waals surface area contributed by atoms with E-state index < -0.39 is 29.2 Å². The van der Waals surface area contributed by atoms with Crippen LogP contribution in [0.25, 0.3) is 11.3 Å². The number of nitrogens with one attached hydrogen (secondary N) is 1. The fourth-order valence-electron chi connectivity index (χ4n) is 5.42. The third kappa shape index (κ3) is 4.85. The SMILES string of the molecule is CC(C)(C)OC(=O)N1Cc2nc(-c3c(F)cccc3F)cc(Nc3ccc(N4C[C@H]5COC[C@H]5C4)nc3)c2C1=O. The Bertz CT molecular complexity index is 1460. The highest BCUT2D eigenvalue weighted by Gasteiger charge is 2.39. The second-order valence-corrected chi connectivity index (χ2v) is 11.3. The number of pyridine rings is 2. The Morgan fingerprint density at radius 2 is 1.77 bits per heavy atom. The van der Waals surface area contributed by atoms with E-state index in [-0.39, 0.29) is 34.7 Å². The van der Waals surface area contributed by atoms with E-state index in [1.165, 1.54) is 12.1 Å². The number of benzene rings is 1. The van der Waals surface area contributed by atoms with Crippen molar-refractivity contribution in [1.29, 1.82) is 0 Å². The summed E-state index contributed by atoms with van der Waals surface area (Å²) in [6.45, 7) is 8.20. The lowest BCUT2D eigenvalue weighted by molar-refractivity contribution is 0.0247. The zero-order valence-electron chi connectivity index (χ0n) is 22.4. The molecule has 2 saturated heterocycles. The summed E-state index contributed by atoms with van der Waals surface area (Å²) >= 11 is 0. The maximum atomic E-state index is 14.7. The highest BCUT2D eigenvalue weighted by Crippen LogP contribution is 2.37. The number of anilines is 3. The van der Waals surface area contributed by atoms with Crippen LogP contribution in [0, 0.1) is 23.5 Å². The van der Waals surface area contributed by atoms with Crippen LogP contribution in [0.4, 0.5) is 30.8 Å². The van der Waals surface area contributed by atoms with E-state index >= 15 is 0 Å². The second-order valence-electron chi connectivity index (χ2n) is 11.3. The Morgan fingerprint density at radius 1 is 1.07 bits per heavy atom. The minimum atomic E-state index is -0.827. The molecule has 1 aromatic carbocycles. The molecule has 1 N–H and O–H groups in total. The van der Waals surface area contributed by atoms with Gasteiger partial charge in [0.15, 0.2) is 0 Å². The van der Waals surface area contributed by atoms with Crippen molar-refractivity contribution in [2.75, 3.05) is 36.5 Å². The molecule has 208 valence electrons. The van der Waals surface area contributed by atoms with Gasteiger partial charge in [-0.05, 0) is 51.1 Å². The molecule has 0 bridgehead atoms. The maximum absolute atomic E-state index is 14.7. The lowest BCUT2D eigenvalue weighted by Gasteiger charge is -2.23. The molecule has 5 heterocycles. The van der Waals surface area contributed by atoms with Crippen molar-refractivity contribution in [3.05, 3.63) is 65.5 Å². The highest BCUT2D eigenvalue weighted by atomic mass is 19.1. The predicted octanol–water partition coefficient (Wildman–Crippen LogP) is 5.14. The van der Waals surface area contributed by atoms with Gasteiger partial charge in [0.2, 0.25) is 0 Å². The molecular formula is C29H29F2N5O4. The van der Waals surface area contributed by atoms with Gasteiger partial charge in [0.1, 0.15) is 23.1 Å². The Kier molecular flexibility index (Phi) is 6.41. The number of rotatable bonds is 4. The Labute approximate surface area is 230 Å². The Balaban J connectivity index is 1.33. The zero-order chi connectivity index (χ0) is 28.2. The van der Waals surface area contributed by atoms with Gasteiger partial charge in [-0.15, -0.1) is 0 Å². The van der Waals surface area contributed by atoms with Crippen LogP contribution in [0.15, 0.2) is 42.6 Å². The number of ether oxygens (including phenoxy) is 2. The van der Waals surface area contributed by atoms with Gasteiger partial charge in [-0.2, -0.15) is 0 Å². The third-order valence-corrected chi connectivity index (χ3v) is 7.29. The topological polar surface area (TPSA) is 96.9 Å². The molecule has 2 atom stereocenters. The first-order chi connectivity index (χ1) is 19.1. The summed E-state index contributed by atoms with van der Waals surface area (Å²) in [4.78, 5) is 38.4. The molecule has 3 aliphatic heterocycles. The largest absolute Gasteiger partial charge is 0.443 e. The van der Waals surface area contributed by atoms with Crippen LogP contribution in [0.3, 0.4) is 0 Å². The minimum Gasteiger partial charge on any atom is -0.443 e. The Hall–Kier alpha value is -4.12. The number of halogens is 2. The molecule has 3 aliphatic rings. The quantitative estimate of drug-likeness (QED) is 0.478. The zero-order valence-corrected chi connectivity index (χ0v) is 22.4. The summed E-state index contributed by atoms with van der Waals surface area (Å²) in [5.74, 6) is -0.348. The van der Waals surface area contributed by atoms with E-state index in [1.807, 2.05) is 12.1 Å². The second kappa shape index (κ2) is 9.81. The van der Waals surface area contributed by atoms with Crippen LogP contribution in [-0.4, -0.2) is 58.8 Å². The predicted molar refractivity (Wildman–Crippen MR) is 143 cm³/mol. The minimum absolute atomic E-state index is 0.00825. The number of amides is 2. The van der Waals surface area contributed by atoms with Crippen LogP contribution < -0.4 is 10.2 Å². The molecule has 0 spiro atoms. The van der Waals surface area contributed by atoms with E-state index in [1.54, 1.807) is 27.0 Å². The molecule has 2 aromatic heterocycles. The number of nitrogens with zero attached hydrogens (tertiary/aromatic N) is 4. The molecule has 0 unspecified atom stereocenters. The molecule has 9 nitrogen and oxygen atoms in total. The third-order valence-electron chi connectivity index (χ3n) is 7.29. The maximum Gasteiger partial charge on any atom is 0.417 e. The number of hydrogen-bond donors (Lipinski definition) is 1. The van der Waals surface area contributed by atoms with Crippen molar-refractivity contribution >= 4 is 29.2 Å². The number of carbonyl (C=O) groups excluding carboxylic acids is 2. The van der Waals surface area contributed by atoms with Crippen molar-refractivity contribution in [2.45, 2.75) is 32.9 Å². The molecule has 0 saturated carbocycles. The van der Waals surface area contributed by atoms with Crippen LogP contribution in [0.5, 0.6) is 0 Å². The van der Waals surface area contributed by atoms with Crippen LogP contribution in [0.2, 0.25) is 0 Å². The smallest absolute Gasteiger partial charge is 0.417 e. The van der Waals surface area contributed by atoms with Gasteiger partial charge in [-0.25, -0.2) is 28.4 Å². The number of hydrogen-bond acceptors (Lipinski definition) is 8. The van der Waals surface area contributed by atoms with E-state index in [4.69, 9.17) is 9.47 Å². The summed E-state index contributed by atoms with van der Waals surface area (Å²) < 4.78 is 40.4. The monoisotopic (exact) mass is 549 g/mol. The first-order valence-corrected chi connectivity index (χ1v) is 13.2. The van der Waals surface area contributed by atoms with Crippen LogP contribution >= 0.6 is 0 Å². The molecule has 2 fully saturated rings. The van der Waals surface area contributed by atoms with Gasteiger partial charge in [0.25, 0.3) is 5.91 Å². The molecular weight excluding hydrogens is 520 g/mol. The summed E-state index contributed by atoms with van der Waals surface area (Å²) in [6, 6.07) is 8.67. The fourth-order valence-corrected chi connectivity index (χ4v) is 5.42. The van der Waals surface area contributed by atoms with Crippen molar-refractivity contribution in [1.82, 2.24) is 14.9 Å². The molecule has 40 heavy (non-hydrogen) atoms. The molecule has 3 aromatic rings. The average Bonchev–Trinajstić information content (AvgIpc) is 3.57. The molecule has 0 aliphatic carbocycles.